The average molecular weight is 132 g/mol. The maximum atomic E-state index is 9.01. The lowest BCUT2D eigenvalue weighted by atomic mass is 10.1. The van der Waals surface area contributed by atoms with Gasteiger partial charge in [0.2, 0.25) is 0 Å². The van der Waals surface area contributed by atoms with Gasteiger partial charge in [0, 0.05) is 6.42 Å². The van der Waals surface area contributed by atoms with Crippen molar-refractivity contribution in [1.29, 1.82) is 0 Å². The van der Waals surface area contributed by atoms with Crippen molar-refractivity contribution in [2.75, 3.05) is 0 Å². The van der Waals surface area contributed by atoms with E-state index in [-0.39, 0.29) is 12.2 Å². The van der Waals surface area contributed by atoms with Gasteiger partial charge < -0.3 is 14.9 Å². The highest BCUT2D eigenvalue weighted by atomic mass is 16.6. The second-order valence-corrected chi connectivity index (χ2v) is 2.53. The van der Waals surface area contributed by atoms with Gasteiger partial charge in [-0.1, -0.05) is 0 Å². The van der Waals surface area contributed by atoms with Gasteiger partial charge in [0.1, 0.15) is 0 Å². The average Bonchev–Trinajstić information content (AvgIpc) is 1.59. The Hall–Kier alpha value is -0.120. The number of rotatable bonds is 0. The molecule has 0 aromatic rings. The summed E-state index contributed by atoms with van der Waals surface area (Å²) in [6.07, 6.45) is -0.169. The number of hydrogen-bond acceptors (Lipinski definition) is 3. The molecule has 1 saturated heterocycles. The van der Waals surface area contributed by atoms with Crippen LogP contribution in [0.25, 0.3) is 0 Å². The fourth-order valence-corrected chi connectivity index (χ4v) is 1.09. The van der Waals surface area contributed by atoms with Crippen molar-refractivity contribution < 1.29 is 14.9 Å². The molecule has 0 aromatic carbocycles. The molecule has 0 aromatic heterocycles. The first-order valence-corrected chi connectivity index (χ1v) is 3.20. The van der Waals surface area contributed by atoms with Crippen molar-refractivity contribution in [2.24, 2.45) is 0 Å². The van der Waals surface area contributed by atoms with E-state index in [1.54, 1.807) is 0 Å². The fraction of sp³-hybridized carbons (Fsp3) is 1.00. The van der Waals surface area contributed by atoms with Crippen LogP contribution in [0.3, 0.4) is 0 Å². The van der Waals surface area contributed by atoms with E-state index in [2.05, 4.69) is 0 Å². The van der Waals surface area contributed by atoms with Gasteiger partial charge in [-0.05, 0) is 13.3 Å². The van der Waals surface area contributed by atoms with Crippen molar-refractivity contribution in [1.82, 2.24) is 0 Å². The summed E-state index contributed by atoms with van der Waals surface area (Å²) in [5, 5.41) is 17.9. The number of hydrogen-bond donors (Lipinski definition) is 2. The molecule has 2 N–H and O–H groups in total. The van der Waals surface area contributed by atoms with Crippen LogP contribution >= 0.6 is 0 Å². The molecule has 1 aliphatic heterocycles. The predicted octanol–water partition coefficient (Wildman–Crippen LogP) is -0.135. The monoisotopic (exact) mass is 132 g/mol. The summed E-state index contributed by atoms with van der Waals surface area (Å²) >= 11 is 0. The van der Waals surface area contributed by atoms with Crippen LogP contribution in [0.2, 0.25) is 0 Å². The van der Waals surface area contributed by atoms with Crippen molar-refractivity contribution in [3.8, 4) is 0 Å². The lowest BCUT2D eigenvalue weighted by Gasteiger charge is -2.27. The summed E-state index contributed by atoms with van der Waals surface area (Å²) in [5.41, 5.74) is 0. The molecule has 1 unspecified atom stereocenters. The summed E-state index contributed by atoms with van der Waals surface area (Å²) < 4.78 is 4.95. The van der Waals surface area contributed by atoms with Gasteiger partial charge in [0.25, 0.3) is 0 Å². The minimum Gasteiger partial charge on any atom is -0.393 e. The van der Waals surface area contributed by atoms with Crippen LogP contribution in [0.1, 0.15) is 19.8 Å². The van der Waals surface area contributed by atoms with Gasteiger partial charge in [-0.2, -0.15) is 0 Å². The third-order valence-corrected chi connectivity index (χ3v) is 1.47. The Morgan fingerprint density at radius 1 is 1.33 bits per heavy atom. The molecule has 9 heavy (non-hydrogen) atoms. The molecule has 3 heteroatoms. The molecular weight excluding hydrogens is 120 g/mol. The van der Waals surface area contributed by atoms with Gasteiger partial charge in [0.15, 0.2) is 6.29 Å². The quantitative estimate of drug-likeness (QED) is 0.482. The Morgan fingerprint density at radius 2 is 2.00 bits per heavy atom. The number of aliphatic hydroxyl groups excluding tert-OH is 2. The molecule has 0 saturated carbocycles. The van der Waals surface area contributed by atoms with E-state index in [1.165, 1.54) is 0 Å². The minimum atomic E-state index is -0.760. The summed E-state index contributed by atoms with van der Waals surface area (Å²) in [7, 11) is 0. The molecular formula is C6H12O3. The van der Waals surface area contributed by atoms with Gasteiger partial charge in [-0.15, -0.1) is 0 Å². The molecule has 3 nitrogen and oxygen atoms in total. The Bertz CT molecular complexity index is 69.3. The van der Waals surface area contributed by atoms with Gasteiger partial charge >= 0.3 is 0 Å². The van der Waals surface area contributed by atoms with Crippen LogP contribution in [-0.4, -0.2) is 28.7 Å². The molecule has 0 amide bonds. The fourth-order valence-electron chi connectivity index (χ4n) is 1.09. The summed E-state index contributed by atoms with van der Waals surface area (Å²) in [6, 6.07) is 0. The molecule has 0 spiro atoms. The Kier molecular flexibility index (Phi) is 2.05. The number of aliphatic hydroxyl groups is 2. The molecule has 1 fully saturated rings. The number of ether oxygens (including phenoxy) is 1. The van der Waals surface area contributed by atoms with Crippen LogP contribution in [0.15, 0.2) is 0 Å². The largest absolute Gasteiger partial charge is 0.393 e. The zero-order valence-electron chi connectivity index (χ0n) is 5.45. The molecule has 0 radical (unpaired) electrons. The first kappa shape index (κ1) is 6.99. The van der Waals surface area contributed by atoms with Crippen LogP contribution in [0.5, 0.6) is 0 Å². The first-order chi connectivity index (χ1) is 4.18. The van der Waals surface area contributed by atoms with Crippen molar-refractivity contribution in [3.05, 3.63) is 0 Å². The second-order valence-electron chi connectivity index (χ2n) is 2.53. The van der Waals surface area contributed by atoms with Crippen LogP contribution in [-0.2, 0) is 4.74 Å². The molecule has 0 aliphatic carbocycles. The maximum absolute atomic E-state index is 9.01. The topological polar surface area (TPSA) is 49.7 Å². The lowest BCUT2D eigenvalue weighted by molar-refractivity contribution is -0.183. The van der Waals surface area contributed by atoms with Crippen LogP contribution < -0.4 is 0 Å². The zero-order valence-corrected chi connectivity index (χ0v) is 5.45. The van der Waals surface area contributed by atoms with Crippen LogP contribution in [0, 0.1) is 0 Å². The predicted molar refractivity (Wildman–Crippen MR) is 31.8 cm³/mol. The van der Waals surface area contributed by atoms with Gasteiger partial charge in [-0.3, -0.25) is 0 Å². The van der Waals surface area contributed by atoms with E-state index in [4.69, 9.17) is 14.9 Å². The van der Waals surface area contributed by atoms with Crippen LogP contribution in [0.4, 0.5) is 0 Å². The second kappa shape index (κ2) is 2.64. The van der Waals surface area contributed by atoms with Crippen molar-refractivity contribution in [2.45, 2.75) is 38.3 Å². The smallest absolute Gasteiger partial charge is 0.157 e. The lowest BCUT2D eigenvalue weighted by Crippen LogP contribution is -2.33. The highest BCUT2D eigenvalue weighted by molar-refractivity contribution is 4.68. The Balaban J connectivity index is 2.34. The highest BCUT2D eigenvalue weighted by Crippen LogP contribution is 2.16. The highest BCUT2D eigenvalue weighted by Gasteiger charge is 2.23. The normalized spacial score (nSPS) is 45.0. The molecule has 0 bridgehead atoms. The Morgan fingerprint density at radius 3 is 2.44 bits per heavy atom. The zero-order chi connectivity index (χ0) is 6.85. The van der Waals surface area contributed by atoms with Gasteiger partial charge in [-0.25, -0.2) is 0 Å². The van der Waals surface area contributed by atoms with Gasteiger partial charge in [0.05, 0.1) is 12.2 Å². The van der Waals surface area contributed by atoms with Crippen molar-refractivity contribution >= 4 is 0 Å². The SMILES string of the molecule is C[C@@H]1C[C@@H](O)CC(O)O1. The van der Waals surface area contributed by atoms with E-state index in [0.717, 1.165) is 0 Å². The minimum absolute atomic E-state index is 0.0104. The molecule has 1 rings (SSSR count). The standard InChI is InChI=1S/C6H12O3/c1-4-2-5(7)3-6(8)9-4/h4-8H,2-3H2,1H3/t4-,5-,6?/m1/s1. The maximum Gasteiger partial charge on any atom is 0.157 e. The summed E-state index contributed by atoms with van der Waals surface area (Å²) in [4.78, 5) is 0. The van der Waals surface area contributed by atoms with E-state index in [1.807, 2.05) is 6.92 Å². The third-order valence-electron chi connectivity index (χ3n) is 1.47. The Labute approximate surface area is 54.3 Å². The molecule has 54 valence electrons. The van der Waals surface area contributed by atoms with E-state index in [0.29, 0.717) is 12.8 Å². The van der Waals surface area contributed by atoms with E-state index in [9.17, 15) is 0 Å². The first-order valence-electron chi connectivity index (χ1n) is 3.20. The van der Waals surface area contributed by atoms with E-state index >= 15 is 0 Å². The van der Waals surface area contributed by atoms with Crippen molar-refractivity contribution in [3.63, 3.8) is 0 Å². The molecule has 1 aliphatic rings. The summed E-state index contributed by atoms with van der Waals surface area (Å²) in [5.74, 6) is 0. The molecule has 1 heterocycles. The van der Waals surface area contributed by atoms with E-state index < -0.39 is 6.29 Å². The molecule has 3 atom stereocenters. The summed E-state index contributed by atoms with van der Waals surface area (Å²) in [6.45, 7) is 1.84. The third kappa shape index (κ3) is 1.93.